The largest absolute Gasteiger partial charge is 0.496 e. The summed E-state index contributed by atoms with van der Waals surface area (Å²) in [6.45, 7) is 7.80. The first-order chi connectivity index (χ1) is 10.5. The fourth-order valence-corrected chi connectivity index (χ4v) is 3.20. The molecular weight excluding hydrogens is 302 g/mol. The molecule has 0 radical (unpaired) electrons. The smallest absolute Gasteiger partial charge is 0.257 e. The van der Waals surface area contributed by atoms with E-state index in [-0.39, 0.29) is 5.91 Å². The molecule has 5 nitrogen and oxygen atoms in total. The van der Waals surface area contributed by atoms with Crippen molar-refractivity contribution >= 4 is 23.2 Å². The molecule has 1 fully saturated rings. The summed E-state index contributed by atoms with van der Waals surface area (Å²) in [4.78, 5) is 17.0. The molecule has 1 heterocycles. The third kappa shape index (κ3) is 3.31. The van der Waals surface area contributed by atoms with Crippen molar-refractivity contribution in [3.05, 3.63) is 22.7 Å². The number of methoxy groups -OCH3 is 1. The molecule has 6 heteroatoms. The highest BCUT2D eigenvalue weighted by Crippen LogP contribution is 2.30. The molecule has 22 heavy (non-hydrogen) atoms. The Morgan fingerprint density at radius 2 is 2.14 bits per heavy atom. The van der Waals surface area contributed by atoms with Crippen LogP contribution in [-0.2, 0) is 0 Å². The van der Waals surface area contributed by atoms with Gasteiger partial charge in [0.05, 0.1) is 23.4 Å². The van der Waals surface area contributed by atoms with E-state index in [1.165, 1.54) is 7.11 Å². The topological polar surface area (TPSA) is 58.8 Å². The van der Waals surface area contributed by atoms with Crippen molar-refractivity contribution in [2.75, 3.05) is 39.0 Å². The van der Waals surface area contributed by atoms with Gasteiger partial charge in [0, 0.05) is 25.2 Å². The van der Waals surface area contributed by atoms with Crippen LogP contribution in [0.15, 0.2) is 12.1 Å². The first-order valence-electron chi connectivity index (χ1n) is 7.68. The average Bonchev–Trinajstić information content (AvgIpc) is 3.00. The van der Waals surface area contributed by atoms with Crippen LogP contribution in [0.25, 0.3) is 0 Å². The van der Waals surface area contributed by atoms with Crippen LogP contribution in [-0.4, -0.2) is 55.0 Å². The van der Waals surface area contributed by atoms with Crippen LogP contribution in [0, 0.1) is 0 Å². The highest BCUT2D eigenvalue weighted by Gasteiger charge is 2.31. The summed E-state index contributed by atoms with van der Waals surface area (Å²) < 4.78 is 5.28. The maximum Gasteiger partial charge on any atom is 0.257 e. The number of halogens is 1. The summed E-state index contributed by atoms with van der Waals surface area (Å²) in [5.41, 5.74) is 6.66. The first-order valence-corrected chi connectivity index (χ1v) is 8.05. The van der Waals surface area contributed by atoms with Crippen molar-refractivity contribution in [2.45, 2.75) is 26.3 Å². The lowest BCUT2D eigenvalue weighted by molar-refractivity contribution is 0.0774. The number of hydrogen-bond donors (Lipinski definition) is 1. The molecule has 0 aromatic heterocycles. The molecule has 0 bridgehead atoms. The summed E-state index contributed by atoms with van der Waals surface area (Å²) in [6.07, 6.45) is 0.998. The highest BCUT2D eigenvalue weighted by molar-refractivity contribution is 6.33. The number of nitrogens with zero attached hydrogens (tertiary/aromatic N) is 2. The number of likely N-dealkylation sites (tertiary alicyclic amines) is 1. The van der Waals surface area contributed by atoms with Crippen molar-refractivity contribution in [3.8, 4) is 5.75 Å². The van der Waals surface area contributed by atoms with Crippen LogP contribution in [0.3, 0.4) is 0 Å². The molecule has 1 unspecified atom stereocenters. The second-order valence-electron chi connectivity index (χ2n) is 5.49. The van der Waals surface area contributed by atoms with Gasteiger partial charge in [0.25, 0.3) is 5.91 Å². The lowest BCUT2D eigenvalue weighted by Gasteiger charge is -2.26. The average molecular weight is 326 g/mol. The molecule has 1 aromatic carbocycles. The molecule has 1 aliphatic heterocycles. The van der Waals surface area contributed by atoms with E-state index in [0.717, 1.165) is 32.6 Å². The molecule has 1 aliphatic rings. The lowest BCUT2D eigenvalue weighted by atomic mass is 10.1. The van der Waals surface area contributed by atoms with Crippen LogP contribution in [0.5, 0.6) is 5.75 Å². The Balaban J connectivity index is 2.18. The zero-order valence-electron chi connectivity index (χ0n) is 13.4. The second kappa shape index (κ2) is 7.20. The number of likely N-dealkylation sites (N-methyl/N-ethyl adjacent to an activating group) is 1. The second-order valence-corrected chi connectivity index (χ2v) is 5.90. The molecule has 0 spiro atoms. The Morgan fingerprint density at radius 3 is 2.73 bits per heavy atom. The van der Waals surface area contributed by atoms with Crippen molar-refractivity contribution in [3.63, 3.8) is 0 Å². The van der Waals surface area contributed by atoms with E-state index in [0.29, 0.717) is 28.1 Å². The number of amides is 1. The third-order valence-electron chi connectivity index (χ3n) is 4.33. The number of ether oxygens (including phenoxy) is 1. The molecule has 1 saturated heterocycles. The number of hydrogen-bond acceptors (Lipinski definition) is 4. The van der Waals surface area contributed by atoms with Crippen molar-refractivity contribution in [1.29, 1.82) is 0 Å². The predicted molar refractivity (Wildman–Crippen MR) is 89.6 cm³/mol. The molecule has 122 valence electrons. The van der Waals surface area contributed by atoms with Gasteiger partial charge >= 0.3 is 0 Å². The molecule has 2 N–H and O–H groups in total. The van der Waals surface area contributed by atoms with Crippen LogP contribution in [0.1, 0.15) is 30.6 Å². The zero-order chi connectivity index (χ0) is 16.3. The van der Waals surface area contributed by atoms with Crippen molar-refractivity contribution in [1.82, 2.24) is 9.80 Å². The van der Waals surface area contributed by atoms with Crippen LogP contribution in [0.2, 0.25) is 5.02 Å². The van der Waals surface area contributed by atoms with E-state index in [1.807, 2.05) is 4.90 Å². The fraction of sp³-hybridized carbons (Fsp3) is 0.562. The Labute approximate surface area is 137 Å². The van der Waals surface area contributed by atoms with Gasteiger partial charge in [-0.15, -0.1) is 0 Å². The lowest BCUT2D eigenvalue weighted by Crippen LogP contribution is -2.38. The molecule has 2 rings (SSSR count). The molecule has 0 aliphatic carbocycles. The third-order valence-corrected chi connectivity index (χ3v) is 4.66. The van der Waals surface area contributed by atoms with Gasteiger partial charge in [-0.25, -0.2) is 0 Å². The van der Waals surface area contributed by atoms with Gasteiger partial charge in [-0.05, 0) is 25.6 Å². The van der Waals surface area contributed by atoms with Crippen LogP contribution >= 0.6 is 11.6 Å². The van der Waals surface area contributed by atoms with Gasteiger partial charge < -0.3 is 15.4 Å². The summed E-state index contributed by atoms with van der Waals surface area (Å²) in [5.74, 6) is 0.423. The number of carbonyl (C=O) groups excluding carboxylic acids is 1. The number of rotatable bonds is 5. The van der Waals surface area contributed by atoms with Gasteiger partial charge in [0.1, 0.15) is 5.75 Å². The molecule has 1 amide bonds. The maximum atomic E-state index is 12.8. The summed E-state index contributed by atoms with van der Waals surface area (Å²) in [6, 6.07) is 3.63. The van der Waals surface area contributed by atoms with Gasteiger partial charge in [-0.1, -0.05) is 25.4 Å². The van der Waals surface area contributed by atoms with Crippen molar-refractivity contribution < 1.29 is 9.53 Å². The minimum Gasteiger partial charge on any atom is -0.496 e. The number of carbonyl (C=O) groups is 1. The molecular formula is C16H24ClN3O2. The standard InChI is InChI=1S/C16H24ClN3O2/c1-4-19(5-2)11-6-7-20(10-11)16(21)12-8-13(17)14(18)9-15(12)22-3/h8-9,11H,4-7,10,18H2,1-3H3. The van der Waals surface area contributed by atoms with Crippen LogP contribution in [0.4, 0.5) is 5.69 Å². The Kier molecular flexibility index (Phi) is 5.53. The van der Waals surface area contributed by atoms with E-state index in [2.05, 4.69) is 18.7 Å². The monoisotopic (exact) mass is 325 g/mol. The van der Waals surface area contributed by atoms with E-state index in [1.54, 1.807) is 12.1 Å². The quantitative estimate of drug-likeness (QED) is 0.845. The normalized spacial score (nSPS) is 18.0. The fourth-order valence-electron chi connectivity index (χ4n) is 3.04. The van der Waals surface area contributed by atoms with Crippen molar-refractivity contribution in [2.24, 2.45) is 0 Å². The van der Waals surface area contributed by atoms with E-state index in [4.69, 9.17) is 22.1 Å². The minimum atomic E-state index is -0.0478. The Bertz CT molecular complexity index is 546. The summed E-state index contributed by atoms with van der Waals surface area (Å²) >= 11 is 6.06. The summed E-state index contributed by atoms with van der Waals surface area (Å²) in [7, 11) is 1.53. The van der Waals surface area contributed by atoms with Gasteiger partial charge in [-0.3, -0.25) is 9.69 Å². The Morgan fingerprint density at radius 1 is 1.45 bits per heavy atom. The maximum absolute atomic E-state index is 12.8. The number of nitrogen functional groups attached to an aromatic ring is 1. The number of nitrogens with two attached hydrogens (primary N) is 1. The zero-order valence-corrected chi connectivity index (χ0v) is 14.2. The minimum absolute atomic E-state index is 0.0478. The van der Waals surface area contributed by atoms with E-state index >= 15 is 0 Å². The highest BCUT2D eigenvalue weighted by atomic mass is 35.5. The predicted octanol–water partition coefficient (Wildman–Crippen LogP) is 2.49. The molecule has 1 aromatic rings. The number of anilines is 1. The van der Waals surface area contributed by atoms with Gasteiger partial charge in [0.15, 0.2) is 0 Å². The molecule has 0 saturated carbocycles. The van der Waals surface area contributed by atoms with Gasteiger partial charge in [-0.2, -0.15) is 0 Å². The Hall–Kier alpha value is -1.46. The SMILES string of the molecule is CCN(CC)C1CCN(C(=O)c2cc(Cl)c(N)cc2OC)C1. The molecule has 1 atom stereocenters. The van der Waals surface area contributed by atoms with Crippen LogP contribution < -0.4 is 10.5 Å². The van der Waals surface area contributed by atoms with E-state index < -0.39 is 0 Å². The number of benzene rings is 1. The van der Waals surface area contributed by atoms with Gasteiger partial charge in [0.2, 0.25) is 0 Å². The van der Waals surface area contributed by atoms with E-state index in [9.17, 15) is 4.79 Å². The summed E-state index contributed by atoms with van der Waals surface area (Å²) in [5, 5.41) is 0.378. The first kappa shape index (κ1) is 16.9.